The summed E-state index contributed by atoms with van der Waals surface area (Å²) in [4.78, 5) is 43.4. The van der Waals surface area contributed by atoms with Crippen molar-refractivity contribution in [1.82, 2.24) is 18.6 Å². The molecule has 32 heavy (non-hydrogen) atoms. The molecule has 1 N–H and O–H groups in total. The topological polar surface area (TPSA) is 121 Å². The van der Waals surface area contributed by atoms with Crippen LogP contribution in [0.4, 0.5) is 0 Å². The Morgan fingerprint density at radius 2 is 2.25 bits per heavy atom. The number of carboxylic acid groups (broad SMARTS) is 1. The fourth-order valence-corrected chi connectivity index (χ4v) is 9.38. The Labute approximate surface area is 203 Å². The highest BCUT2D eigenvalue weighted by Gasteiger charge is 2.60. The maximum Gasteiger partial charge on any atom is 0.313 e. The number of thiophene rings is 1. The number of hydrogen-bond acceptors (Lipinski definition) is 10. The van der Waals surface area contributed by atoms with Gasteiger partial charge in [0.05, 0.1) is 0 Å². The molecular weight excluding hydrogens is 513 g/mol. The van der Waals surface area contributed by atoms with Gasteiger partial charge in [0.25, 0.3) is 5.91 Å². The lowest BCUT2D eigenvalue weighted by molar-refractivity contribution is -0.161. The Kier molecular flexibility index (Phi) is 6.96. The number of fused-ring (bicyclic) bond motifs is 1. The number of nitrogens with zero attached hydrogens (tertiary/aromatic N) is 4. The van der Waals surface area contributed by atoms with Gasteiger partial charge in [-0.15, -0.1) is 23.1 Å². The normalized spacial score (nSPS) is 25.7. The maximum atomic E-state index is 13.0. The van der Waals surface area contributed by atoms with E-state index < -0.39 is 39.7 Å². The van der Waals surface area contributed by atoms with Crippen molar-refractivity contribution in [2.75, 3.05) is 18.1 Å². The second kappa shape index (κ2) is 9.41. The number of aromatic nitrogens is 2. The summed E-state index contributed by atoms with van der Waals surface area (Å²) in [5.41, 5.74) is -1.14. The lowest BCUT2D eigenvalue weighted by Crippen LogP contribution is -2.74. The van der Waals surface area contributed by atoms with E-state index in [-0.39, 0.29) is 24.0 Å². The zero-order chi connectivity index (χ0) is 23.0. The summed E-state index contributed by atoms with van der Waals surface area (Å²) in [5.74, 6) is -0.545. The SMILES string of the molecule is CCc1nsc(SCC2(C(=O)O)CS[C@@H]3C(N(C(C)=O)S(=O)c4cccs4)C(=O)N3C2)n1. The van der Waals surface area contributed by atoms with E-state index in [1.165, 1.54) is 58.2 Å². The van der Waals surface area contributed by atoms with Gasteiger partial charge in [-0.2, -0.15) is 4.37 Å². The summed E-state index contributed by atoms with van der Waals surface area (Å²) in [6.07, 6.45) is 0.710. The third-order valence-electron chi connectivity index (χ3n) is 5.22. The lowest BCUT2D eigenvalue weighted by Gasteiger charge is -2.55. The summed E-state index contributed by atoms with van der Waals surface area (Å²) in [6, 6.07) is 2.53. The summed E-state index contributed by atoms with van der Waals surface area (Å²) < 4.78 is 19.5. The molecule has 2 amide bonds. The first-order chi connectivity index (χ1) is 15.3. The van der Waals surface area contributed by atoms with E-state index in [4.69, 9.17) is 0 Å². The fourth-order valence-electron chi connectivity index (χ4n) is 3.48. The van der Waals surface area contributed by atoms with Crippen molar-refractivity contribution < 1.29 is 23.7 Å². The van der Waals surface area contributed by atoms with E-state index in [0.29, 0.717) is 15.0 Å². The van der Waals surface area contributed by atoms with Gasteiger partial charge in [0.2, 0.25) is 5.91 Å². The number of hydrogen-bond donors (Lipinski definition) is 1. The number of amides is 2. The molecule has 2 fully saturated rings. The molecule has 2 aromatic rings. The predicted molar refractivity (Wildman–Crippen MR) is 125 cm³/mol. The molecule has 172 valence electrons. The number of carboxylic acids is 1. The second-order valence-corrected chi connectivity index (χ2v) is 13.0. The largest absolute Gasteiger partial charge is 0.481 e. The van der Waals surface area contributed by atoms with Gasteiger partial charge in [-0.05, 0) is 23.0 Å². The Balaban J connectivity index is 1.49. The number of rotatable bonds is 8. The van der Waals surface area contributed by atoms with Crippen molar-refractivity contribution in [3.05, 3.63) is 23.3 Å². The molecule has 0 aliphatic carbocycles. The van der Waals surface area contributed by atoms with E-state index in [1.807, 2.05) is 6.92 Å². The third-order valence-corrected chi connectivity index (χ3v) is 11.7. The molecule has 4 atom stereocenters. The molecule has 2 aliphatic rings. The van der Waals surface area contributed by atoms with Crippen LogP contribution in [0.5, 0.6) is 0 Å². The summed E-state index contributed by atoms with van der Waals surface area (Å²) in [6.45, 7) is 3.29. The van der Waals surface area contributed by atoms with Crippen LogP contribution in [0.1, 0.15) is 19.7 Å². The molecule has 4 rings (SSSR count). The van der Waals surface area contributed by atoms with Crippen molar-refractivity contribution in [3.8, 4) is 0 Å². The first-order valence-corrected chi connectivity index (χ1v) is 14.4. The smallest absolute Gasteiger partial charge is 0.313 e. The first-order valence-electron chi connectivity index (χ1n) is 9.63. The van der Waals surface area contributed by atoms with E-state index in [1.54, 1.807) is 17.5 Å². The Hall–Kier alpha value is -1.48. The Morgan fingerprint density at radius 1 is 1.47 bits per heavy atom. The highest BCUT2D eigenvalue weighted by molar-refractivity contribution is 8.01. The number of β-lactam (4-membered cyclic amide) rings is 1. The number of aryl methyl sites for hydroxylation is 1. The Bertz CT molecular complexity index is 1060. The molecule has 2 aromatic heterocycles. The van der Waals surface area contributed by atoms with E-state index in [2.05, 4.69) is 9.36 Å². The second-order valence-electron chi connectivity index (χ2n) is 7.34. The molecular formula is C18H20N4O5S5. The fraction of sp³-hybridized carbons (Fsp3) is 0.500. The van der Waals surface area contributed by atoms with Gasteiger partial charge < -0.3 is 10.0 Å². The monoisotopic (exact) mass is 532 g/mol. The van der Waals surface area contributed by atoms with Crippen molar-refractivity contribution >= 4 is 75.2 Å². The quantitative estimate of drug-likeness (QED) is 0.403. The van der Waals surface area contributed by atoms with Crippen LogP contribution in [-0.4, -0.2) is 75.1 Å². The van der Waals surface area contributed by atoms with Gasteiger partial charge in [-0.1, -0.05) is 24.8 Å². The number of carbonyl (C=O) groups excluding carboxylic acids is 2. The van der Waals surface area contributed by atoms with Gasteiger partial charge in [0.1, 0.15) is 20.8 Å². The minimum Gasteiger partial charge on any atom is -0.481 e. The summed E-state index contributed by atoms with van der Waals surface area (Å²) in [5, 5.41) is 11.3. The minimum absolute atomic E-state index is 0.0408. The van der Waals surface area contributed by atoms with E-state index in [9.17, 15) is 23.7 Å². The van der Waals surface area contributed by atoms with Crippen LogP contribution in [-0.2, 0) is 31.8 Å². The van der Waals surface area contributed by atoms with Gasteiger partial charge in [0.15, 0.2) is 21.4 Å². The summed E-state index contributed by atoms with van der Waals surface area (Å²) in [7, 11) is -1.78. The molecule has 4 heterocycles. The van der Waals surface area contributed by atoms with Gasteiger partial charge in [-0.3, -0.25) is 14.4 Å². The minimum atomic E-state index is -1.78. The molecule has 14 heteroatoms. The van der Waals surface area contributed by atoms with Crippen LogP contribution < -0.4 is 0 Å². The molecule has 9 nitrogen and oxygen atoms in total. The molecule has 3 unspecified atom stereocenters. The average molecular weight is 533 g/mol. The molecule has 0 bridgehead atoms. The zero-order valence-corrected chi connectivity index (χ0v) is 21.2. The summed E-state index contributed by atoms with van der Waals surface area (Å²) >= 11 is 5.15. The Morgan fingerprint density at radius 3 is 2.84 bits per heavy atom. The van der Waals surface area contributed by atoms with E-state index >= 15 is 0 Å². The first kappa shape index (κ1) is 23.7. The third kappa shape index (κ3) is 4.22. The highest BCUT2D eigenvalue weighted by atomic mass is 32.2. The lowest BCUT2D eigenvalue weighted by atomic mass is 9.89. The van der Waals surface area contributed by atoms with Crippen LogP contribution in [0.3, 0.4) is 0 Å². The maximum absolute atomic E-state index is 13.0. The van der Waals surface area contributed by atoms with Gasteiger partial charge >= 0.3 is 5.97 Å². The van der Waals surface area contributed by atoms with Crippen molar-refractivity contribution in [2.45, 2.75) is 40.2 Å². The molecule has 0 saturated carbocycles. The van der Waals surface area contributed by atoms with Gasteiger partial charge in [-0.25, -0.2) is 13.5 Å². The van der Waals surface area contributed by atoms with E-state index in [0.717, 1.165) is 10.1 Å². The van der Waals surface area contributed by atoms with Gasteiger partial charge in [0, 0.05) is 31.4 Å². The van der Waals surface area contributed by atoms with Crippen molar-refractivity contribution in [1.29, 1.82) is 0 Å². The zero-order valence-electron chi connectivity index (χ0n) is 17.1. The molecule has 2 saturated heterocycles. The van der Waals surface area contributed by atoms with Crippen molar-refractivity contribution in [2.24, 2.45) is 5.41 Å². The predicted octanol–water partition coefficient (Wildman–Crippen LogP) is 2.18. The average Bonchev–Trinajstić information content (AvgIpc) is 3.47. The van der Waals surface area contributed by atoms with Crippen LogP contribution in [0.25, 0.3) is 0 Å². The van der Waals surface area contributed by atoms with Crippen LogP contribution in [0, 0.1) is 5.41 Å². The van der Waals surface area contributed by atoms with Crippen molar-refractivity contribution in [3.63, 3.8) is 0 Å². The number of carbonyl (C=O) groups is 3. The standard InChI is InChI=1S/C18H20N4O5S5/c1-3-11-19-17(31-20-11)30-9-18(16(25)26)7-21-14(24)13(15(21)29-8-18)22(10(2)23)32(27)12-5-4-6-28-12/h4-6,13,15H,3,7-9H2,1-2H3,(H,25,26)/t13?,15-,18?,32?/m1/s1. The van der Waals surface area contributed by atoms with Crippen LogP contribution in [0.15, 0.2) is 26.1 Å². The molecule has 0 spiro atoms. The molecule has 0 aromatic carbocycles. The number of thioether (sulfide) groups is 2. The van der Waals surface area contributed by atoms with Crippen LogP contribution in [0.2, 0.25) is 0 Å². The molecule has 2 aliphatic heterocycles. The molecule has 0 radical (unpaired) electrons. The highest BCUT2D eigenvalue weighted by Crippen LogP contribution is 2.46. The van der Waals surface area contributed by atoms with Crippen LogP contribution >= 0.6 is 46.4 Å². The number of aliphatic carboxylic acids is 1.